The van der Waals surface area contributed by atoms with Crippen LogP contribution in [0.15, 0.2) is 34.5 Å². The van der Waals surface area contributed by atoms with Crippen molar-refractivity contribution in [2.75, 3.05) is 0 Å². The zero-order chi connectivity index (χ0) is 19.8. The first-order chi connectivity index (χ1) is 12.7. The van der Waals surface area contributed by atoms with Crippen molar-refractivity contribution in [2.24, 2.45) is 11.7 Å². The van der Waals surface area contributed by atoms with Gasteiger partial charge in [-0.1, -0.05) is 42.0 Å². The zero-order valence-electron chi connectivity index (χ0n) is 14.7. The predicted octanol–water partition coefficient (Wildman–Crippen LogP) is 1.64. The van der Waals surface area contributed by atoms with E-state index < -0.39 is 27.8 Å². The third-order valence-electron chi connectivity index (χ3n) is 4.58. The van der Waals surface area contributed by atoms with Gasteiger partial charge in [-0.05, 0) is 30.5 Å². The van der Waals surface area contributed by atoms with E-state index in [0.29, 0.717) is 10.8 Å². The lowest BCUT2D eigenvalue weighted by Crippen LogP contribution is -2.47. The van der Waals surface area contributed by atoms with Crippen LogP contribution in [0.2, 0.25) is 4.34 Å². The number of sulfonamides is 1. The van der Waals surface area contributed by atoms with Crippen molar-refractivity contribution in [2.45, 2.75) is 36.1 Å². The number of benzene rings is 1. The highest BCUT2D eigenvalue weighted by molar-refractivity contribution is 7.91. The van der Waals surface area contributed by atoms with Gasteiger partial charge in [0.05, 0.1) is 4.34 Å². The molecule has 0 spiro atoms. The maximum Gasteiger partial charge on any atom is 0.253 e. The molecule has 2 aromatic rings. The highest BCUT2D eigenvalue weighted by atomic mass is 35.5. The summed E-state index contributed by atoms with van der Waals surface area (Å²) >= 11 is 6.79. The van der Waals surface area contributed by atoms with Crippen molar-refractivity contribution in [1.29, 1.82) is 0 Å². The first-order valence-electron chi connectivity index (χ1n) is 8.50. The van der Waals surface area contributed by atoms with Crippen molar-refractivity contribution in [3.63, 3.8) is 0 Å². The molecule has 0 unspecified atom stereocenters. The van der Waals surface area contributed by atoms with E-state index in [9.17, 15) is 17.6 Å². The van der Waals surface area contributed by atoms with Gasteiger partial charge in [-0.25, -0.2) is 12.8 Å². The molecule has 1 aliphatic carbocycles. The van der Waals surface area contributed by atoms with Crippen LogP contribution in [0.5, 0.6) is 0 Å². The van der Waals surface area contributed by atoms with E-state index in [4.69, 9.17) is 17.3 Å². The molecule has 0 bridgehead atoms. The molecule has 0 radical (unpaired) electrons. The van der Waals surface area contributed by atoms with Gasteiger partial charge < -0.3 is 5.73 Å². The molecule has 5 nitrogen and oxygen atoms in total. The number of amides is 1. The van der Waals surface area contributed by atoms with Crippen molar-refractivity contribution in [1.82, 2.24) is 4.31 Å². The van der Waals surface area contributed by atoms with Crippen LogP contribution in [0.1, 0.15) is 24.8 Å². The van der Waals surface area contributed by atoms with Crippen LogP contribution in [0, 0.1) is 11.7 Å². The number of carbonyl (C=O) groups is 1. The van der Waals surface area contributed by atoms with E-state index in [-0.39, 0.29) is 22.2 Å². The van der Waals surface area contributed by atoms with E-state index >= 15 is 0 Å². The molecule has 1 aliphatic rings. The summed E-state index contributed by atoms with van der Waals surface area (Å²) in [5, 5.41) is 0. The van der Waals surface area contributed by atoms with Crippen LogP contribution >= 0.6 is 22.9 Å². The Hall–Kier alpha value is -1.42. The van der Waals surface area contributed by atoms with Gasteiger partial charge in [-0.15, -0.1) is 11.3 Å². The summed E-state index contributed by atoms with van der Waals surface area (Å²) in [7, 11) is -2.32. The first-order valence-corrected chi connectivity index (χ1v) is 11.1. The second-order valence-corrected chi connectivity index (χ2v) is 10.6. The van der Waals surface area contributed by atoms with E-state index in [0.717, 1.165) is 33.9 Å². The number of primary amides is 1. The van der Waals surface area contributed by atoms with E-state index in [1.807, 2.05) is 0 Å². The number of hydrogen-bond donors (Lipinski definition) is 1. The van der Waals surface area contributed by atoms with Gasteiger partial charge in [0.2, 0.25) is 5.91 Å². The Morgan fingerprint density at radius 2 is 2.07 bits per heavy atom. The topological polar surface area (TPSA) is 80.5 Å². The highest BCUT2D eigenvalue weighted by Crippen LogP contribution is 2.37. The molecule has 144 valence electrons. The van der Waals surface area contributed by atoms with Gasteiger partial charge >= 0.3 is 0 Å². The van der Waals surface area contributed by atoms with Crippen LogP contribution in [0.25, 0.3) is 0 Å². The Bertz CT molecular complexity index is 963. The highest BCUT2D eigenvalue weighted by Gasteiger charge is 2.39. The molecule has 1 atom stereocenters. The molecule has 1 aromatic carbocycles. The number of rotatable bonds is 8. The van der Waals surface area contributed by atoms with E-state index in [1.165, 1.54) is 24.3 Å². The molecule has 3 rings (SSSR count). The molecular formula is C17H19BClFN2O3S2. The second-order valence-electron chi connectivity index (χ2n) is 6.80. The third kappa shape index (κ3) is 4.71. The number of hydrogen-bond acceptors (Lipinski definition) is 4. The maximum absolute atomic E-state index is 14.4. The summed E-state index contributed by atoms with van der Waals surface area (Å²) in [5.74, 6) is -0.996. The predicted molar refractivity (Wildman–Crippen MR) is 107 cm³/mol. The fourth-order valence-corrected chi connectivity index (χ4v) is 6.10. The largest absolute Gasteiger partial charge is 0.368 e. The summed E-state index contributed by atoms with van der Waals surface area (Å²) in [6.45, 7) is -0.274. The number of halogens is 2. The normalized spacial score (nSPS) is 15.8. The van der Waals surface area contributed by atoms with Gasteiger partial charge in [0, 0.05) is 12.1 Å². The molecule has 0 saturated heterocycles. The summed E-state index contributed by atoms with van der Waals surface area (Å²) in [5.41, 5.74) is 6.46. The van der Waals surface area contributed by atoms with Gasteiger partial charge in [-0.3, -0.25) is 4.79 Å². The Morgan fingerprint density at radius 3 is 2.59 bits per heavy atom. The Kier molecular flexibility index (Phi) is 5.95. The minimum atomic E-state index is -4.07. The van der Waals surface area contributed by atoms with Crippen LogP contribution in [0.4, 0.5) is 4.39 Å². The second kappa shape index (κ2) is 7.91. The molecule has 2 N–H and O–H groups in total. The standard InChI is InChI=1S/C17H19BClFN2O3S2/c18-12-4-3-11(13(20)8-12)9-22(14(17(21)23)7-10-1-2-10)27(24,25)16-6-5-15(19)26-16/h3-6,8,10,14H,1-2,7,9,18H2,(H2,21,23)/t14-/m1/s1. The molecular weight excluding hydrogens is 410 g/mol. The minimum absolute atomic E-state index is 0.00191. The average Bonchev–Trinajstić information content (AvgIpc) is 3.30. The lowest BCUT2D eigenvalue weighted by molar-refractivity contribution is -0.122. The molecule has 1 fully saturated rings. The van der Waals surface area contributed by atoms with Crippen LogP contribution in [0.3, 0.4) is 0 Å². The van der Waals surface area contributed by atoms with Crippen LogP contribution in [-0.4, -0.2) is 32.5 Å². The fraction of sp³-hybridized carbons (Fsp3) is 0.353. The molecule has 10 heteroatoms. The summed E-state index contributed by atoms with van der Waals surface area (Å²) in [6, 6.07) is 6.39. The lowest BCUT2D eigenvalue weighted by atomic mass is 9.95. The van der Waals surface area contributed by atoms with Gasteiger partial charge in [-0.2, -0.15) is 4.31 Å². The van der Waals surface area contributed by atoms with Gasteiger partial charge in [0.25, 0.3) is 10.0 Å². The Balaban J connectivity index is 2.03. The number of thiophene rings is 1. The quantitative estimate of drug-likeness (QED) is 0.649. The zero-order valence-corrected chi connectivity index (χ0v) is 17.1. The Labute approximate surface area is 167 Å². The monoisotopic (exact) mass is 428 g/mol. The molecule has 0 aliphatic heterocycles. The van der Waals surface area contributed by atoms with Crippen molar-refractivity contribution in [3.8, 4) is 0 Å². The minimum Gasteiger partial charge on any atom is -0.368 e. The molecule has 27 heavy (non-hydrogen) atoms. The van der Waals surface area contributed by atoms with Crippen molar-refractivity contribution in [3.05, 3.63) is 46.0 Å². The number of nitrogens with zero attached hydrogens (tertiary/aromatic N) is 1. The molecule has 1 aromatic heterocycles. The Morgan fingerprint density at radius 1 is 1.37 bits per heavy atom. The van der Waals surface area contributed by atoms with Crippen LogP contribution < -0.4 is 11.2 Å². The molecule has 1 amide bonds. The summed E-state index contributed by atoms with van der Waals surface area (Å²) in [4.78, 5) is 12.1. The third-order valence-corrected chi connectivity index (χ3v) is 8.13. The number of carbonyl (C=O) groups excluding carboxylic acids is 1. The van der Waals surface area contributed by atoms with Gasteiger partial charge in [0.15, 0.2) is 0 Å². The van der Waals surface area contributed by atoms with E-state index in [1.54, 1.807) is 13.9 Å². The fourth-order valence-electron chi connectivity index (χ4n) is 2.91. The van der Waals surface area contributed by atoms with Crippen molar-refractivity contribution < 1.29 is 17.6 Å². The van der Waals surface area contributed by atoms with Crippen LogP contribution in [-0.2, 0) is 21.4 Å². The maximum atomic E-state index is 14.4. The average molecular weight is 429 g/mol. The molecule has 1 saturated carbocycles. The van der Waals surface area contributed by atoms with E-state index in [2.05, 4.69) is 0 Å². The summed E-state index contributed by atoms with van der Waals surface area (Å²) < 4.78 is 42.2. The van der Waals surface area contributed by atoms with Gasteiger partial charge in [0.1, 0.15) is 23.9 Å². The van der Waals surface area contributed by atoms with Crippen molar-refractivity contribution >= 4 is 52.2 Å². The number of nitrogens with two attached hydrogens (primary N) is 1. The first kappa shape index (κ1) is 20.3. The lowest BCUT2D eigenvalue weighted by Gasteiger charge is -2.28. The summed E-state index contributed by atoms with van der Waals surface area (Å²) in [6.07, 6.45) is 2.20. The SMILES string of the molecule is Bc1ccc(CN([C@H](CC2CC2)C(N)=O)S(=O)(=O)c2ccc(Cl)s2)c(F)c1. The smallest absolute Gasteiger partial charge is 0.253 e. The molecule has 1 heterocycles.